The molecule has 1 saturated carbocycles. The van der Waals surface area contributed by atoms with Crippen LogP contribution >= 0.6 is 0 Å². The number of aryl methyl sites for hydroxylation is 1. The molecule has 0 radical (unpaired) electrons. The van der Waals surface area contributed by atoms with Crippen LogP contribution in [-0.4, -0.2) is 47.9 Å². The molecular weight excluding hydrogens is 426 g/mol. The predicted molar refractivity (Wildman–Crippen MR) is 130 cm³/mol. The van der Waals surface area contributed by atoms with Crippen molar-refractivity contribution >= 4 is 11.8 Å². The summed E-state index contributed by atoms with van der Waals surface area (Å²) in [5.41, 5.74) is 3.56. The lowest BCUT2D eigenvalue weighted by Gasteiger charge is -2.38. The van der Waals surface area contributed by atoms with Crippen LogP contribution < -0.4 is 10.1 Å². The van der Waals surface area contributed by atoms with Gasteiger partial charge < -0.3 is 15.0 Å². The van der Waals surface area contributed by atoms with E-state index in [-0.39, 0.29) is 29.2 Å². The van der Waals surface area contributed by atoms with Gasteiger partial charge in [-0.25, -0.2) is 0 Å². The smallest absolute Gasteiger partial charge is 0.228 e. The van der Waals surface area contributed by atoms with Gasteiger partial charge in [0.05, 0.1) is 13.5 Å². The van der Waals surface area contributed by atoms with E-state index in [2.05, 4.69) is 16.4 Å². The zero-order valence-corrected chi connectivity index (χ0v) is 20.1. The quantitative estimate of drug-likeness (QED) is 0.737. The SMILES string of the molecule is COc1cccc2c1CC(C(=O)NC1CCC3(CC1)CCN(C(=O)Cc1ccccn1)C3)CC2. The number of hydrogen-bond acceptors (Lipinski definition) is 4. The maximum Gasteiger partial charge on any atom is 0.228 e. The number of carbonyl (C=O) groups is 2. The number of amides is 2. The summed E-state index contributed by atoms with van der Waals surface area (Å²) >= 11 is 0. The molecule has 2 aromatic rings. The van der Waals surface area contributed by atoms with Crippen LogP contribution in [-0.2, 0) is 28.9 Å². The fourth-order valence-electron chi connectivity index (χ4n) is 6.19. The second kappa shape index (κ2) is 9.77. The molecule has 6 nitrogen and oxygen atoms in total. The first kappa shape index (κ1) is 22.9. The number of hydrogen-bond donors (Lipinski definition) is 1. The Hall–Kier alpha value is -2.89. The molecule has 2 aliphatic carbocycles. The number of nitrogens with zero attached hydrogens (tertiary/aromatic N) is 2. The molecule has 1 aromatic heterocycles. The summed E-state index contributed by atoms with van der Waals surface area (Å²) in [4.78, 5) is 32.2. The van der Waals surface area contributed by atoms with Crippen LogP contribution in [0.4, 0.5) is 0 Å². The fraction of sp³-hybridized carbons (Fsp3) is 0.536. The second-order valence-electron chi connectivity index (χ2n) is 10.4. The van der Waals surface area contributed by atoms with Crippen LogP contribution in [0.5, 0.6) is 5.75 Å². The van der Waals surface area contributed by atoms with Gasteiger partial charge in [-0.3, -0.25) is 14.6 Å². The molecular formula is C28H35N3O3. The highest BCUT2D eigenvalue weighted by Crippen LogP contribution is 2.44. The normalized spacial score (nSPS) is 26.2. The maximum atomic E-state index is 13.1. The highest BCUT2D eigenvalue weighted by Gasteiger charge is 2.42. The minimum absolute atomic E-state index is 0.0193. The van der Waals surface area contributed by atoms with E-state index in [0.717, 1.165) is 75.9 Å². The molecule has 1 aliphatic heterocycles. The van der Waals surface area contributed by atoms with E-state index in [0.29, 0.717) is 6.42 Å². The number of carbonyl (C=O) groups excluding carboxylic acids is 2. The van der Waals surface area contributed by atoms with E-state index < -0.39 is 0 Å². The van der Waals surface area contributed by atoms with E-state index >= 15 is 0 Å². The van der Waals surface area contributed by atoms with Crippen LogP contribution in [0.3, 0.4) is 0 Å². The molecule has 5 rings (SSSR count). The van der Waals surface area contributed by atoms with E-state index in [4.69, 9.17) is 4.74 Å². The number of rotatable bonds is 5. The monoisotopic (exact) mass is 461 g/mol. The molecule has 1 N–H and O–H groups in total. The average molecular weight is 462 g/mol. The van der Waals surface area contributed by atoms with Gasteiger partial charge in [0.2, 0.25) is 11.8 Å². The summed E-state index contributed by atoms with van der Waals surface area (Å²) in [5, 5.41) is 3.36. The summed E-state index contributed by atoms with van der Waals surface area (Å²) in [6.07, 6.45) is 9.93. The van der Waals surface area contributed by atoms with Gasteiger partial charge in [-0.1, -0.05) is 18.2 Å². The number of pyridine rings is 1. The van der Waals surface area contributed by atoms with Gasteiger partial charge in [-0.05, 0) is 86.1 Å². The van der Waals surface area contributed by atoms with E-state index in [1.165, 1.54) is 11.1 Å². The van der Waals surface area contributed by atoms with Gasteiger partial charge in [-0.2, -0.15) is 0 Å². The Bertz CT molecular complexity index is 1020. The van der Waals surface area contributed by atoms with Gasteiger partial charge in [0, 0.05) is 36.9 Å². The Morgan fingerprint density at radius 3 is 2.74 bits per heavy atom. The molecule has 6 heteroatoms. The summed E-state index contributed by atoms with van der Waals surface area (Å²) < 4.78 is 5.54. The van der Waals surface area contributed by atoms with Gasteiger partial charge in [0.15, 0.2) is 0 Å². The lowest BCUT2D eigenvalue weighted by atomic mass is 9.72. The third-order valence-electron chi connectivity index (χ3n) is 8.28. The van der Waals surface area contributed by atoms with Gasteiger partial charge in [-0.15, -0.1) is 0 Å². The van der Waals surface area contributed by atoms with Crippen molar-refractivity contribution in [1.82, 2.24) is 15.2 Å². The highest BCUT2D eigenvalue weighted by atomic mass is 16.5. The number of likely N-dealkylation sites (tertiary alicyclic amines) is 1. The number of ether oxygens (including phenoxy) is 1. The van der Waals surface area contributed by atoms with Crippen LogP contribution in [0.15, 0.2) is 42.6 Å². The van der Waals surface area contributed by atoms with Gasteiger partial charge >= 0.3 is 0 Å². The molecule has 2 heterocycles. The number of fused-ring (bicyclic) bond motifs is 1. The highest BCUT2D eigenvalue weighted by molar-refractivity contribution is 5.80. The van der Waals surface area contributed by atoms with Crippen molar-refractivity contribution in [2.24, 2.45) is 11.3 Å². The second-order valence-corrected chi connectivity index (χ2v) is 10.4. The van der Waals surface area contributed by atoms with Crippen molar-refractivity contribution in [3.05, 3.63) is 59.4 Å². The van der Waals surface area contributed by atoms with Crippen LogP contribution in [0.2, 0.25) is 0 Å². The molecule has 1 atom stereocenters. The average Bonchev–Trinajstić information content (AvgIpc) is 3.29. The van der Waals surface area contributed by atoms with Crippen molar-refractivity contribution in [3.8, 4) is 5.75 Å². The Balaban J connectivity index is 1.11. The lowest BCUT2D eigenvalue weighted by Crippen LogP contribution is -2.45. The van der Waals surface area contributed by atoms with Crippen LogP contribution in [0.25, 0.3) is 0 Å². The summed E-state index contributed by atoms with van der Waals surface area (Å²) in [7, 11) is 1.70. The van der Waals surface area contributed by atoms with E-state index in [9.17, 15) is 9.59 Å². The first-order valence-electron chi connectivity index (χ1n) is 12.7. The van der Waals surface area contributed by atoms with Crippen molar-refractivity contribution < 1.29 is 14.3 Å². The van der Waals surface area contributed by atoms with Gasteiger partial charge in [0.1, 0.15) is 5.75 Å². The largest absolute Gasteiger partial charge is 0.496 e. The molecule has 3 aliphatic rings. The Kier molecular flexibility index (Phi) is 6.57. The van der Waals surface area contributed by atoms with Gasteiger partial charge in [0.25, 0.3) is 0 Å². The van der Waals surface area contributed by atoms with Crippen molar-refractivity contribution in [3.63, 3.8) is 0 Å². The van der Waals surface area contributed by atoms with Crippen LogP contribution in [0, 0.1) is 11.3 Å². The molecule has 1 aromatic carbocycles. The molecule has 2 fully saturated rings. The predicted octanol–water partition coefficient (Wildman–Crippen LogP) is 3.72. The molecule has 34 heavy (non-hydrogen) atoms. The molecule has 1 spiro atoms. The zero-order chi connectivity index (χ0) is 23.5. The van der Waals surface area contributed by atoms with E-state index in [1.807, 2.05) is 35.2 Å². The first-order chi connectivity index (χ1) is 16.5. The number of aromatic nitrogens is 1. The molecule has 2 amide bonds. The number of methoxy groups -OCH3 is 1. The minimum Gasteiger partial charge on any atom is -0.496 e. The first-order valence-corrected chi connectivity index (χ1v) is 12.7. The zero-order valence-electron chi connectivity index (χ0n) is 20.1. The number of benzene rings is 1. The van der Waals surface area contributed by atoms with Crippen molar-refractivity contribution in [2.75, 3.05) is 20.2 Å². The number of nitrogens with one attached hydrogen (secondary N) is 1. The Labute approximate surface area is 202 Å². The standard InChI is InChI=1S/C28H35N3O3/c1-34-25-7-4-5-20-8-9-21(17-24(20)25)27(33)30-22-10-12-28(13-11-22)14-16-31(19-28)26(32)18-23-6-2-3-15-29-23/h2-7,15,21-22H,8-14,16-19H2,1H3,(H,30,33). The third kappa shape index (κ3) is 4.82. The molecule has 0 bridgehead atoms. The van der Waals surface area contributed by atoms with Crippen LogP contribution in [0.1, 0.15) is 55.3 Å². The van der Waals surface area contributed by atoms with E-state index in [1.54, 1.807) is 13.3 Å². The topological polar surface area (TPSA) is 71.5 Å². The molecule has 1 unspecified atom stereocenters. The maximum absolute atomic E-state index is 13.1. The summed E-state index contributed by atoms with van der Waals surface area (Å²) in [5.74, 6) is 1.29. The molecule has 180 valence electrons. The summed E-state index contributed by atoms with van der Waals surface area (Å²) in [6.45, 7) is 1.69. The Morgan fingerprint density at radius 2 is 1.97 bits per heavy atom. The molecule has 1 saturated heterocycles. The summed E-state index contributed by atoms with van der Waals surface area (Å²) in [6, 6.07) is 12.1. The fourth-order valence-corrected chi connectivity index (χ4v) is 6.19. The van der Waals surface area contributed by atoms with Crippen molar-refractivity contribution in [1.29, 1.82) is 0 Å². The Morgan fingerprint density at radius 1 is 1.12 bits per heavy atom. The minimum atomic E-state index is 0.0193. The lowest BCUT2D eigenvalue weighted by molar-refractivity contribution is -0.130. The van der Waals surface area contributed by atoms with Crippen molar-refractivity contribution in [2.45, 2.75) is 63.8 Å². The third-order valence-corrected chi connectivity index (χ3v) is 8.28.